The molecule has 0 spiro atoms. The molecule has 10 heteroatoms. The molecule has 1 aromatic carbocycles. The zero-order valence-electron chi connectivity index (χ0n) is 18.4. The molecule has 0 saturated heterocycles. The fraction of sp³-hybridized carbons (Fsp3) is 0.500. The molecule has 0 radical (unpaired) electrons. The number of aromatic hydroxyl groups is 1. The second kappa shape index (κ2) is 11.1. The summed E-state index contributed by atoms with van der Waals surface area (Å²) in [5, 5.41) is 31.0. The van der Waals surface area contributed by atoms with Gasteiger partial charge in [-0.15, -0.1) is 0 Å². The molecule has 0 heterocycles. The van der Waals surface area contributed by atoms with Gasteiger partial charge in [-0.3, -0.25) is 14.9 Å². The molecule has 1 aliphatic carbocycles. The quantitative estimate of drug-likeness (QED) is 0.164. The van der Waals surface area contributed by atoms with E-state index in [4.69, 9.17) is 9.47 Å². The van der Waals surface area contributed by atoms with Crippen molar-refractivity contribution in [2.75, 3.05) is 13.1 Å². The molecule has 172 valence electrons. The van der Waals surface area contributed by atoms with Crippen molar-refractivity contribution in [3.63, 3.8) is 0 Å². The monoisotopic (exact) mass is 445 g/mol. The van der Waals surface area contributed by atoms with Gasteiger partial charge < -0.3 is 19.5 Å². The number of nitriles is 1. The van der Waals surface area contributed by atoms with Gasteiger partial charge in [0.15, 0.2) is 5.75 Å². The lowest BCUT2D eigenvalue weighted by molar-refractivity contribution is -0.385. The minimum atomic E-state index is -1.09. The molecular weight excluding hydrogens is 418 g/mol. The van der Waals surface area contributed by atoms with Gasteiger partial charge in [0, 0.05) is 19.2 Å². The van der Waals surface area contributed by atoms with Crippen LogP contribution in [-0.2, 0) is 9.53 Å². The first-order valence-corrected chi connectivity index (χ1v) is 10.5. The summed E-state index contributed by atoms with van der Waals surface area (Å²) in [6.07, 6.45) is 2.92. The Labute approximate surface area is 186 Å². The smallest absolute Gasteiger partial charge is 0.499 e. The second-order valence-electron chi connectivity index (χ2n) is 7.64. The average molecular weight is 445 g/mol. The number of amides is 1. The molecule has 1 N–H and O–H groups in total. The summed E-state index contributed by atoms with van der Waals surface area (Å²) < 4.78 is 10.3. The predicted molar refractivity (Wildman–Crippen MR) is 115 cm³/mol. The van der Waals surface area contributed by atoms with Crippen LogP contribution in [0.15, 0.2) is 17.7 Å². The summed E-state index contributed by atoms with van der Waals surface area (Å²) in [6.45, 7) is 6.39. The van der Waals surface area contributed by atoms with Gasteiger partial charge in [-0.1, -0.05) is 6.92 Å². The number of phenolic OH excluding ortho intramolecular Hbond substituents is 1. The minimum Gasteiger partial charge on any atom is -0.499 e. The van der Waals surface area contributed by atoms with Crippen LogP contribution in [0.1, 0.15) is 52.0 Å². The van der Waals surface area contributed by atoms with Crippen molar-refractivity contribution in [1.29, 1.82) is 5.26 Å². The number of rotatable bonds is 7. The van der Waals surface area contributed by atoms with Crippen LogP contribution in [0.25, 0.3) is 6.08 Å². The third-order valence-electron chi connectivity index (χ3n) is 5.41. The van der Waals surface area contributed by atoms with Crippen molar-refractivity contribution in [1.82, 2.24) is 4.90 Å². The zero-order valence-corrected chi connectivity index (χ0v) is 18.4. The number of nitro groups is 1. The molecular formula is C22H27N3O7. The maximum absolute atomic E-state index is 12.5. The highest BCUT2D eigenvalue weighted by molar-refractivity contribution is 6.01. The summed E-state index contributed by atoms with van der Waals surface area (Å²) in [4.78, 5) is 36.6. The summed E-state index contributed by atoms with van der Waals surface area (Å²) in [6, 6.07) is 3.91. The number of phenols is 1. The van der Waals surface area contributed by atoms with E-state index in [2.05, 4.69) is 6.92 Å². The Morgan fingerprint density at radius 3 is 2.44 bits per heavy atom. The number of carbonyl (C=O) groups is 2. The third kappa shape index (κ3) is 6.20. The van der Waals surface area contributed by atoms with Crippen LogP contribution >= 0.6 is 0 Å². The molecule has 2 rings (SSSR count). The Hall–Kier alpha value is -3.61. The van der Waals surface area contributed by atoms with Gasteiger partial charge in [-0.2, -0.15) is 5.26 Å². The third-order valence-corrected chi connectivity index (χ3v) is 5.41. The van der Waals surface area contributed by atoms with Gasteiger partial charge in [-0.25, -0.2) is 4.79 Å². The number of nitrogens with zero attached hydrogens (tertiary/aromatic N) is 3. The lowest BCUT2D eigenvalue weighted by Gasteiger charge is -2.25. The lowest BCUT2D eigenvalue weighted by Crippen LogP contribution is -2.31. The minimum absolute atomic E-state index is 0.0425. The first-order chi connectivity index (χ1) is 15.2. The molecule has 10 nitrogen and oxygen atoms in total. The van der Waals surface area contributed by atoms with Crippen molar-refractivity contribution in [2.24, 2.45) is 5.92 Å². The first-order valence-electron chi connectivity index (χ1n) is 10.5. The van der Waals surface area contributed by atoms with Crippen molar-refractivity contribution in [3.05, 3.63) is 33.4 Å². The molecule has 0 aromatic heterocycles. The number of hydrogen-bond donors (Lipinski definition) is 1. The number of likely N-dealkylation sites (N-methyl/N-ethyl adjacent to an activating group) is 1. The van der Waals surface area contributed by atoms with Gasteiger partial charge in [-0.05, 0) is 63.2 Å². The van der Waals surface area contributed by atoms with E-state index in [0.717, 1.165) is 31.1 Å². The average Bonchev–Trinajstić information content (AvgIpc) is 2.76. The van der Waals surface area contributed by atoms with Crippen molar-refractivity contribution in [2.45, 2.75) is 52.6 Å². The maximum atomic E-state index is 12.5. The molecule has 32 heavy (non-hydrogen) atoms. The Balaban J connectivity index is 2.32. The van der Waals surface area contributed by atoms with E-state index in [1.165, 1.54) is 4.90 Å². The number of nitro benzene ring substituents is 1. The van der Waals surface area contributed by atoms with E-state index in [0.29, 0.717) is 31.8 Å². The van der Waals surface area contributed by atoms with Crippen molar-refractivity contribution < 1.29 is 29.1 Å². The van der Waals surface area contributed by atoms with Crippen LogP contribution in [0.2, 0.25) is 0 Å². The first kappa shape index (κ1) is 24.7. The van der Waals surface area contributed by atoms with E-state index in [-0.39, 0.29) is 17.2 Å². The van der Waals surface area contributed by atoms with E-state index >= 15 is 0 Å². The molecule has 1 aromatic rings. The molecule has 0 atom stereocenters. The highest BCUT2D eigenvalue weighted by atomic mass is 16.7. The van der Waals surface area contributed by atoms with Crippen molar-refractivity contribution in [3.8, 4) is 17.6 Å². The fourth-order valence-corrected chi connectivity index (χ4v) is 3.50. The number of hydrogen-bond acceptors (Lipinski definition) is 8. The fourth-order valence-electron chi connectivity index (χ4n) is 3.50. The largest absolute Gasteiger partial charge is 0.514 e. The Morgan fingerprint density at radius 1 is 1.28 bits per heavy atom. The van der Waals surface area contributed by atoms with Gasteiger partial charge >= 0.3 is 11.8 Å². The van der Waals surface area contributed by atoms with Gasteiger partial charge in [0.2, 0.25) is 5.75 Å². The highest BCUT2D eigenvalue weighted by Gasteiger charge is 2.26. The molecule has 0 bridgehead atoms. The SMILES string of the molecule is CCN(CC)C(=O)C(C#N)=Cc1cc(OC(=O)OC2CCC(C)CC2)c(O)c([N+](=O)[O-])c1. The number of benzene rings is 1. The standard InChI is InChI=1S/C22H27N3O7/c1-4-24(5-2)21(27)16(13-23)10-15-11-18(25(29)30)20(26)19(12-15)32-22(28)31-17-8-6-14(3)7-9-17/h10-12,14,17,26H,4-9H2,1-3H3. The van der Waals surface area contributed by atoms with Crippen LogP contribution in [0.4, 0.5) is 10.5 Å². The lowest BCUT2D eigenvalue weighted by atomic mass is 9.89. The molecule has 1 fully saturated rings. The zero-order chi connectivity index (χ0) is 23.8. The summed E-state index contributed by atoms with van der Waals surface area (Å²) in [5.74, 6) is -1.34. The normalized spacial score (nSPS) is 18.4. The van der Waals surface area contributed by atoms with Gasteiger partial charge in [0.25, 0.3) is 5.91 Å². The molecule has 1 aliphatic rings. The number of carbonyl (C=O) groups excluding carboxylic acids is 2. The van der Waals surface area contributed by atoms with E-state index in [9.17, 15) is 30.1 Å². The number of ether oxygens (including phenoxy) is 2. The van der Waals surface area contributed by atoms with Crippen LogP contribution in [-0.4, -0.2) is 46.2 Å². The Kier molecular flexibility index (Phi) is 8.58. The highest BCUT2D eigenvalue weighted by Crippen LogP contribution is 2.38. The molecule has 1 saturated carbocycles. The topological polar surface area (TPSA) is 143 Å². The van der Waals surface area contributed by atoms with E-state index in [1.807, 2.05) is 0 Å². The summed E-state index contributed by atoms with van der Waals surface area (Å²) >= 11 is 0. The Morgan fingerprint density at radius 2 is 1.91 bits per heavy atom. The summed E-state index contributed by atoms with van der Waals surface area (Å²) in [5.41, 5.74) is -0.944. The van der Waals surface area contributed by atoms with E-state index < -0.39 is 34.2 Å². The van der Waals surface area contributed by atoms with Crippen molar-refractivity contribution >= 4 is 23.8 Å². The van der Waals surface area contributed by atoms with Gasteiger partial charge in [0.05, 0.1) is 4.92 Å². The van der Waals surface area contributed by atoms with Gasteiger partial charge in [0.1, 0.15) is 17.7 Å². The molecule has 1 amide bonds. The second-order valence-corrected chi connectivity index (χ2v) is 7.64. The maximum Gasteiger partial charge on any atom is 0.514 e. The van der Waals surface area contributed by atoms with Crippen LogP contribution < -0.4 is 4.74 Å². The Bertz CT molecular complexity index is 940. The van der Waals surface area contributed by atoms with Crippen LogP contribution in [0, 0.1) is 27.4 Å². The van der Waals surface area contributed by atoms with Crippen LogP contribution in [0.3, 0.4) is 0 Å². The molecule has 0 unspecified atom stereocenters. The summed E-state index contributed by atoms with van der Waals surface area (Å²) in [7, 11) is 0. The van der Waals surface area contributed by atoms with Crippen LogP contribution in [0.5, 0.6) is 11.5 Å². The molecule has 0 aliphatic heterocycles. The van der Waals surface area contributed by atoms with E-state index in [1.54, 1.807) is 19.9 Å². The predicted octanol–water partition coefficient (Wildman–Crippen LogP) is 4.17.